The van der Waals surface area contributed by atoms with Crippen LogP contribution in [0.4, 0.5) is 14.6 Å². The van der Waals surface area contributed by atoms with Gasteiger partial charge in [0.25, 0.3) is 5.91 Å². The smallest absolute Gasteiger partial charge is 0.305 e. The summed E-state index contributed by atoms with van der Waals surface area (Å²) in [6.07, 6.45) is -0.307. The number of rotatable bonds is 11. The molecule has 1 amide bonds. The van der Waals surface area contributed by atoms with E-state index in [1.807, 2.05) is 13.8 Å². The first-order chi connectivity index (χ1) is 19.9. The number of aromatic nitrogens is 2. The number of carbonyl (C=O) groups excluding carboxylic acids is 1. The lowest BCUT2D eigenvalue weighted by molar-refractivity contribution is -0.139. The number of hydrogen-bond donors (Lipinski definition) is 4. The number of aliphatic hydroxyl groups excluding tert-OH is 2. The molecular formula is C31H31F2N3O6. The van der Waals surface area contributed by atoms with Gasteiger partial charge < -0.3 is 29.7 Å². The first-order valence-electron chi connectivity index (χ1n) is 13.3. The maximum absolute atomic E-state index is 14.0. The van der Waals surface area contributed by atoms with Crippen molar-refractivity contribution in [2.24, 2.45) is 0 Å². The van der Waals surface area contributed by atoms with Gasteiger partial charge in [-0.2, -0.15) is 0 Å². The second kappa shape index (κ2) is 12.9. The van der Waals surface area contributed by atoms with Crippen molar-refractivity contribution in [3.05, 3.63) is 89.5 Å². The van der Waals surface area contributed by atoms with Gasteiger partial charge in [-0.15, -0.1) is 0 Å². The van der Waals surface area contributed by atoms with Crippen LogP contribution < -0.4 is 5.32 Å². The highest BCUT2D eigenvalue weighted by atomic mass is 19.1. The maximum atomic E-state index is 14.0. The summed E-state index contributed by atoms with van der Waals surface area (Å²) in [7, 11) is 0. The van der Waals surface area contributed by atoms with E-state index in [0.717, 1.165) is 0 Å². The molecule has 42 heavy (non-hydrogen) atoms. The molecule has 2 aromatic heterocycles. The van der Waals surface area contributed by atoms with Crippen LogP contribution in [0.2, 0.25) is 0 Å². The zero-order valence-corrected chi connectivity index (χ0v) is 23.2. The summed E-state index contributed by atoms with van der Waals surface area (Å²) < 4.78 is 34.8. The highest BCUT2D eigenvalue weighted by Crippen LogP contribution is 2.43. The third-order valence-corrected chi connectivity index (χ3v) is 6.51. The summed E-state index contributed by atoms with van der Waals surface area (Å²) in [4.78, 5) is 24.9. The average molecular weight is 580 g/mol. The molecule has 0 fully saturated rings. The van der Waals surface area contributed by atoms with Crippen LogP contribution in [0, 0.1) is 18.6 Å². The van der Waals surface area contributed by atoms with Crippen LogP contribution in [0.5, 0.6) is 0 Å². The van der Waals surface area contributed by atoms with E-state index in [2.05, 4.69) is 10.5 Å². The standard InChI is InChI=1S/C31H31F2N3O6/c1-17(2)36-25(13-12-23(37)15-24(38)16-27(39)40)28(19-4-8-21(32)9-5-19)29(20-6-10-22(33)11-7-20)30(36)31(41)34-26-14-18(3)42-35-26/h4-14,17,23-24,37-38H,15-16H2,1-3H3,(H,39,40)(H,34,35,41)/b13-12+/t23-,24-/m1/s1. The molecule has 4 N–H and O–H groups in total. The molecule has 2 aromatic carbocycles. The van der Waals surface area contributed by atoms with Crippen LogP contribution in [0.25, 0.3) is 28.3 Å². The monoisotopic (exact) mass is 579 g/mol. The molecule has 0 spiro atoms. The number of anilines is 1. The van der Waals surface area contributed by atoms with Crippen LogP contribution >= 0.6 is 0 Å². The number of carboxylic acids is 1. The molecule has 220 valence electrons. The molecule has 0 aliphatic heterocycles. The van der Waals surface area contributed by atoms with Crippen molar-refractivity contribution in [2.75, 3.05) is 5.32 Å². The van der Waals surface area contributed by atoms with Crippen molar-refractivity contribution < 1.29 is 38.2 Å². The molecule has 0 aliphatic carbocycles. The molecule has 4 rings (SSSR count). The Morgan fingerprint density at radius 2 is 1.57 bits per heavy atom. The van der Waals surface area contributed by atoms with Crippen molar-refractivity contribution in [2.45, 2.75) is 51.9 Å². The second-order valence-corrected chi connectivity index (χ2v) is 10.2. The Hall–Kier alpha value is -4.61. The van der Waals surface area contributed by atoms with Crippen molar-refractivity contribution >= 4 is 23.8 Å². The van der Waals surface area contributed by atoms with E-state index >= 15 is 0 Å². The van der Waals surface area contributed by atoms with Crippen molar-refractivity contribution in [1.82, 2.24) is 9.72 Å². The Bertz CT molecular complexity index is 1590. The van der Waals surface area contributed by atoms with Gasteiger partial charge in [0.2, 0.25) is 0 Å². The SMILES string of the molecule is Cc1cc(NC(=O)c2c(-c3ccc(F)cc3)c(-c3ccc(F)cc3)c(/C=C/[C@@H](O)C[C@@H](O)CC(=O)O)n2C(C)C)no1. The van der Waals surface area contributed by atoms with Crippen molar-refractivity contribution in [3.63, 3.8) is 0 Å². The Labute approximate surface area is 240 Å². The zero-order chi connectivity index (χ0) is 30.6. The Kier molecular flexibility index (Phi) is 9.34. The van der Waals surface area contributed by atoms with Gasteiger partial charge in [0.1, 0.15) is 23.1 Å². The molecule has 4 aromatic rings. The van der Waals surface area contributed by atoms with Crippen LogP contribution in [-0.4, -0.2) is 49.1 Å². The van der Waals surface area contributed by atoms with E-state index in [-0.39, 0.29) is 24.0 Å². The lowest BCUT2D eigenvalue weighted by Crippen LogP contribution is -2.20. The van der Waals surface area contributed by atoms with Gasteiger partial charge >= 0.3 is 5.97 Å². The first kappa shape index (κ1) is 30.4. The molecule has 0 radical (unpaired) electrons. The van der Waals surface area contributed by atoms with E-state index in [0.29, 0.717) is 33.7 Å². The number of aryl methyl sites for hydroxylation is 1. The first-order valence-corrected chi connectivity index (χ1v) is 13.3. The Morgan fingerprint density at radius 1 is 1.00 bits per heavy atom. The number of aliphatic hydroxyl groups is 2. The van der Waals surface area contributed by atoms with E-state index in [1.54, 1.807) is 35.8 Å². The fourth-order valence-corrected chi connectivity index (χ4v) is 4.78. The lowest BCUT2D eigenvalue weighted by atomic mass is 9.94. The van der Waals surface area contributed by atoms with Gasteiger partial charge in [0.15, 0.2) is 5.82 Å². The van der Waals surface area contributed by atoms with E-state index < -0.39 is 42.1 Å². The van der Waals surface area contributed by atoms with Crippen LogP contribution in [0.15, 0.2) is 65.2 Å². The fraction of sp³-hybridized carbons (Fsp3) is 0.258. The number of benzene rings is 2. The third-order valence-electron chi connectivity index (χ3n) is 6.51. The summed E-state index contributed by atoms with van der Waals surface area (Å²) in [5.41, 5.74) is 2.63. The van der Waals surface area contributed by atoms with E-state index in [1.165, 1.54) is 42.5 Å². The van der Waals surface area contributed by atoms with Gasteiger partial charge in [0.05, 0.1) is 18.6 Å². The molecule has 2 atom stereocenters. The number of halogens is 2. The fourth-order valence-electron chi connectivity index (χ4n) is 4.78. The molecular weight excluding hydrogens is 548 g/mol. The normalized spacial score (nSPS) is 13.0. The molecule has 2 heterocycles. The minimum Gasteiger partial charge on any atom is -0.481 e. The summed E-state index contributed by atoms with van der Waals surface area (Å²) in [5.74, 6) is -2.02. The van der Waals surface area contributed by atoms with Gasteiger partial charge in [-0.25, -0.2) is 8.78 Å². The van der Waals surface area contributed by atoms with E-state index in [9.17, 15) is 28.6 Å². The molecule has 0 aliphatic rings. The third kappa shape index (κ3) is 6.99. The van der Waals surface area contributed by atoms with Crippen LogP contribution in [-0.2, 0) is 4.79 Å². The number of amides is 1. The molecule has 9 nitrogen and oxygen atoms in total. The molecule has 11 heteroatoms. The number of carboxylic acid groups (broad SMARTS) is 1. The Morgan fingerprint density at radius 3 is 2.07 bits per heavy atom. The van der Waals surface area contributed by atoms with Crippen LogP contribution in [0.3, 0.4) is 0 Å². The van der Waals surface area contributed by atoms with Gasteiger partial charge in [-0.05, 0) is 62.2 Å². The number of carbonyl (C=O) groups is 2. The number of aliphatic carboxylic acids is 1. The second-order valence-electron chi connectivity index (χ2n) is 10.2. The minimum absolute atomic E-state index is 0.183. The quantitative estimate of drug-likeness (QED) is 0.175. The predicted octanol–water partition coefficient (Wildman–Crippen LogP) is 5.83. The van der Waals surface area contributed by atoms with Gasteiger partial charge in [-0.1, -0.05) is 35.5 Å². The number of hydrogen-bond acceptors (Lipinski definition) is 6. The molecule has 0 saturated carbocycles. The lowest BCUT2D eigenvalue weighted by Gasteiger charge is -2.17. The van der Waals surface area contributed by atoms with Crippen LogP contribution in [0.1, 0.15) is 54.7 Å². The highest BCUT2D eigenvalue weighted by molar-refractivity contribution is 6.11. The van der Waals surface area contributed by atoms with Crippen molar-refractivity contribution in [1.29, 1.82) is 0 Å². The summed E-state index contributed by atoms with van der Waals surface area (Å²) in [6, 6.07) is 12.5. The van der Waals surface area contributed by atoms with Gasteiger partial charge in [-0.3, -0.25) is 9.59 Å². The summed E-state index contributed by atoms with van der Waals surface area (Å²) in [5, 5.41) is 36.2. The zero-order valence-electron chi connectivity index (χ0n) is 23.2. The summed E-state index contributed by atoms with van der Waals surface area (Å²) >= 11 is 0. The predicted molar refractivity (Wildman–Crippen MR) is 153 cm³/mol. The number of nitrogens with one attached hydrogen (secondary N) is 1. The number of nitrogens with zero attached hydrogens (tertiary/aromatic N) is 2. The maximum Gasteiger partial charge on any atom is 0.305 e. The molecule has 0 saturated heterocycles. The Balaban J connectivity index is 1.97. The van der Waals surface area contributed by atoms with Crippen molar-refractivity contribution in [3.8, 4) is 22.3 Å². The minimum atomic E-state index is -1.28. The topological polar surface area (TPSA) is 138 Å². The van der Waals surface area contributed by atoms with E-state index in [4.69, 9.17) is 9.63 Å². The highest BCUT2D eigenvalue weighted by Gasteiger charge is 2.30. The average Bonchev–Trinajstić information content (AvgIpc) is 3.48. The van der Waals surface area contributed by atoms with Gasteiger partial charge in [0, 0.05) is 35.3 Å². The largest absolute Gasteiger partial charge is 0.481 e. The molecule has 0 bridgehead atoms. The summed E-state index contributed by atoms with van der Waals surface area (Å²) in [6.45, 7) is 5.38. The molecule has 0 unspecified atom stereocenters.